The van der Waals surface area contributed by atoms with Gasteiger partial charge in [0, 0.05) is 19.6 Å². The van der Waals surface area contributed by atoms with E-state index in [0.29, 0.717) is 5.92 Å². The first kappa shape index (κ1) is 9.56. The summed E-state index contributed by atoms with van der Waals surface area (Å²) >= 11 is 0. The van der Waals surface area contributed by atoms with Crippen molar-refractivity contribution in [3.63, 3.8) is 0 Å². The van der Waals surface area contributed by atoms with E-state index in [1.54, 1.807) is 0 Å². The van der Waals surface area contributed by atoms with Crippen LogP contribution >= 0.6 is 0 Å². The minimum absolute atomic E-state index is 0.130. The molecule has 0 spiro atoms. The number of hydrogen-bond donors (Lipinski definition) is 1. The average Bonchev–Trinajstić information content (AvgIpc) is 2.23. The van der Waals surface area contributed by atoms with Crippen molar-refractivity contribution < 1.29 is 4.79 Å². The molecule has 1 aliphatic carbocycles. The third-order valence-electron chi connectivity index (χ3n) is 3.02. The number of nitrogens with one attached hydrogen (secondary N) is 1. The fourth-order valence-electron chi connectivity index (χ4n) is 2.19. The van der Waals surface area contributed by atoms with Crippen molar-refractivity contribution >= 4 is 6.03 Å². The number of carbonyl (C=O) groups excluding carboxylic acids is 1. The zero-order valence-corrected chi connectivity index (χ0v) is 8.54. The van der Waals surface area contributed by atoms with Gasteiger partial charge in [-0.3, -0.25) is 0 Å². The molecule has 1 fully saturated rings. The third kappa shape index (κ3) is 2.28. The molecule has 1 unspecified atom stereocenters. The van der Waals surface area contributed by atoms with E-state index in [-0.39, 0.29) is 6.03 Å². The molecule has 1 aliphatic heterocycles. The first-order chi connectivity index (χ1) is 6.86. The predicted molar refractivity (Wildman–Crippen MR) is 56.1 cm³/mol. The van der Waals surface area contributed by atoms with Crippen LogP contribution in [-0.2, 0) is 0 Å². The molecule has 2 rings (SSSR count). The summed E-state index contributed by atoms with van der Waals surface area (Å²) in [6, 6.07) is 0.130. The van der Waals surface area contributed by atoms with Gasteiger partial charge < -0.3 is 10.2 Å². The second kappa shape index (κ2) is 4.49. The van der Waals surface area contributed by atoms with Gasteiger partial charge in [0.05, 0.1) is 0 Å². The maximum Gasteiger partial charge on any atom is 0.317 e. The number of carbonyl (C=O) groups is 1. The molecular weight excluding hydrogens is 176 g/mol. The summed E-state index contributed by atoms with van der Waals surface area (Å²) in [6.45, 7) is 2.72. The smallest absolute Gasteiger partial charge is 0.317 e. The molecule has 1 atom stereocenters. The van der Waals surface area contributed by atoms with Gasteiger partial charge in [0.15, 0.2) is 0 Å². The van der Waals surface area contributed by atoms with Crippen molar-refractivity contribution in [2.24, 2.45) is 5.92 Å². The van der Waals surface area contributed by atoms with Gasteiger partial charge in [-0.15, -0.1) is 0 Å². The molecule has 1 heterocycles. The molecule has 0 aromatic heterocycles. The highest BCUT2D eigenvalue weighted by atomic mass is 16.2. The molecule has 14 heavy (non-hydrogen) atoms. The van der Waals surface area contributed by atoms with E-state index in [4.69, 9.17) is 0 Å². The standard InChI is InChI=1S/C11H18N2O/c14-11-12-7-4-8-13(11)9-10-5-2-1-3-6-10/h1-2,10H,3-9H2,(H,12,14). The van der Waals surface area contributed by atoms with Crippen LogP contribution in [0.2, 0.25) is 0 Å². The Morgan fingerprint density at radius 3 is 3.14 bits per heavy atom. The highest BCUT2D eigenvalue weighted by molar-refractivity contribution is 5.74. The van der Waals surface area contributed by atoms with Gasteiger partial charge >= 0.3 is 6.03 Å². The second-order valence-corrected chi connectivity index (χ2v) is 4.18. The lowest BCUT2D eigenvalue weighted by molar-refractivity contribution is 0.173. The maximum absolute atomic E-state index is 11.5. The molecule has 78 valence electrons. The van der Waals surface area contributed by atoms with Crippen molar-refractivity contribution in [2.45, 2.75) is 25.7 Å². The molecule has 3 nitrogen and oxygen atoms in total. The number of nitrogens with zero attached hydrogens (tertiary/aromatic N) is 1. The molecule has 0 aromatic rings. The van der Waals surface area contributed by atoms with Gasteiger partial charge in [-0.1, -0.05) is 12.2 Å². The van der Waals surface area contributed by atoms with Gasteiger partial charge in [-0.05, 0) is 31.6 Å². The Morgan fingerprint density at radius 2 is 2.43 bits per heavy atom. The summed E-state index contributed by atoms with van der Waals surface area (Å²) in [5.41, 5.74) is 0. The molecule has 0 aromatic carbocycles. The van der Waals surface area contributed by atoms with E-state index in [1.807, 2.05) is 4.90 Å². The summed E-state index contributed by atoms with van der Waals surface area (Å²) in [6.07, 6.45) is 9.14. The van der Waals surface area contributed by atoms with Crippen LogP contribution in [0.1, 0.15) is 25.7 Å². The minimum atomic E-state index is 0.130. The second-order valence-electron chi connectivity index (χ2n) is 4.18. The highest BCUT2D eigenvalue weighted by Crippen LogP contribution is 2.19. The van der Waals surface area contributed by atoms with Crippen LogP contribution in [0.25, 0.3) is 0 Å². The van der Waals surface area contributed by atoms with Crippen molar-refractivity contribution in [1.29, 1.82) is 0 Å². The van der Waals surface area contributed by atoms with Crippen molar-refractivity contribution in [3.05, 3.63) is 12.2 Å². The number of amides is 2. The van der Waals surface area contributed by atoms with Crippen molar-refractivity contribution in [2.75, 3.05) is 19.6 Å². The molecule has 2 amide bonds. The van der Waals surface area contributed by atoms with E-state index < -0.39 is 0 Å². The number of allylic oxidation sites excluding steroid dienone is 2. The van der Waals surface area contributed by atoms with Gasteiger partial charge in [-0.2, -0.15) is 0 Å². The largest absolute Gasteiger partial charge is 0.338 e. The van der Waals surface area contributed by atoms with Crippen LogP contribution in [0, 0.1) is 5.92 Å². The van der Waals surface area contributed by atoms with E-state index in [2.05, 4.69) is 17.5 Å². The Kier molecular flexibility index (Phi) is 3.07. The molecule has 3 heteroatoms. The molecule has 0 radical (unpaired) electrons. The first-order valence-corrected chi connectivity index (χ1v) is 5.54. The minimum Gasteiger partial charge on any atom is -0.338 e. The molecule has 0 bridgehead atoms. The van der Waals surface area contributed by atoms with Crippen LogP contribution in [-0.4, -0.2) is 30.6 Å². The number of hydrogen-bond acceptors (Lipinski definition) is 1. The lowest BCUT2D eigenvalue weighted by Crippen LogP contribution is -2.48. The summed E-state index contributed by atoms with van der Waals surface area (Å²) in [4.78, 5) is 13.4. The summed E-state index contributed by atoms with van der Waals surface area (Å²) in [5, 5.41) is 2.89. The van der Waals surface area contributed by atoms with E-state index in [1.165, 1.54) is 12.8 Å². The fraction of sp³-hybridized carbons (Fsp3) is 0.727. The molecular formula is C11H18N2O. The molecule has 1 N–H and O–H groups in total. The molecule has 0 saturated carbocycles. The van der Waals surface area contributed by atoms with Crippen LogP contribution in [0.4, 0.5) is 4.79 Å². The van der Waals surface area contributed by atoms with Crippen LogP contribution in [0.5, 0.6) is 0 Å². The first-order valence-electron chi connectivity index (χ1n) is 5.54. The SMILES string of the molecule is O=C1NCCCN1CC1CC=CCC1. The quantitative estimate of drug-likeness (QED) is 0.667. The maximum atomic E-state index is 11.5. The van der Waals surface area contributed by atoms with Crippen LogP contribution < -0.4 is 5.32 Å². The van der Waals surface area contributed by atoms with Gasteiger partial charge in [0.2, 0.25) is 0 Å². The van der Waals surface area contributed by atoms with Gasteiger partial charge in [0.25, 0.3) is 0 Å². The van der Waals surface area contributed by atoms with E-state index in [0.717, 1.165) is 32.5 Å². The van der Waals surface area contributed by atoms with Crippen molar-refractivity contribution in [1.82, 2.24) is 10.2 Å². The monoisotopic (exact) mass is 194 g/mol. The fourth-order valence-corrected chi connectivity index (χ4v) is 2.19. The van der Waals surface area contributed by atoms with E-state index in [9.17, 15) is 4.79 Å². The third-order valence-corrected chi connectivity index (χ3v) is 3.02. The average molecular weight is 194 g/mol. The van der Waals surface area contributed by atoms with Gasteiger partial charge in [-0.25, -0.2) is 4.79 Å². The Balaban J connectivity index is 1.83. The zero-order chi connectivity index (χ0) is 9.80. The lowest BCUT2D eigenvalue weighted by Gasteiger charge is -2.31. The zero-order valence-electron chi connectivity index (χ0n) is 8.54. The predicted octanol–water partition coefficient (Wildman–Crippen LogP) is 1.76. The normalized spacial score (nSPS) is 27.6. The Labute approximate surface area is 85.2 Å². The van der Waals surface area contributed by atoms with Crippen LogP contribution in [0.3, 0.4) is 0 Å². The lowest BCUT2D eigenvalue weighted by atomic mass is 9.94. The summed E-state index contributed by atoms with van der Waals surface area (Å²) < 4.78 is 0. The Hall–Kier alpha value is -0.990. The molecule has 2 aliphatic rings. The summed E-state index contributed by atoms with van der Waals surface area (Å²) in [5.74, 6) is 0.684. The number of rotatable bonds is 2. The van der Waals surface area contributed by atoms with E-state index >= 15 is 0 Å². The topological polar surface area (TPSA) is 32.3 Å². The van der Waals surface area contributed by atoms with Crippen molar-refractivity contribution in [3.8, 4) is 0 Å². The Bertz CT molecular complexity index is 237. The Morgan fingerprint density at radius 1 is 1.50 bits per heavy atom. The summed E-state index contributed by atoms with van der Waals surface area (Å²) in [7, 11) is 0. The highest BCUT2D eigenvalue weighted by Gasteiger charge is 2.21. The van der Waals surface area contributed by atoms with Gasteiger partial charge in [0.1, 0.15) is 0 Å². The molecule has 1 saturated heterocycles. The van der Waals surface area contributed by atoms with Crippen LogP contribution in [0.15, 0.2) is 12.2 Å². The number of urea groups is 1.